The summed E-state index contributed by atoms with van der Waals surface area (Å²) in [6.07, 6.45) is 11.8. The lowest BCUT2D eigenvalue weighted by Crippen LogP contribution is -2.08. The minimum Gasteiger partial charge on any atom is -0.0616 e. The van der Waals surface area contributed by atoms with Crippen LogP contribution in [0.2, 0.25) is 0 Å². The number of hydrogen-bond acceptors (Lipinski definition) is 0. The van der Waals surface area contributed by atoms with Gasteiger partial charge in [0, 0.05) is 0 Å². The van der Waals surface area contributed by atoms with Crippen molar-refractivity contribution in [2.75, 3.05) is 0 Å². The fourth-order valence-corrected chi connectivity index (χ4v) is 3.91. The van der Waals surface area contributed by atoms with Gasteiger partial charge in [0.05, 0.1) is 0 Å². The zero-order chi connectivity index (χ0) is 14.5. The molecule has 0 heterocycles. The highest BCUT2D eigenvalue weighted by atomic mass is 14.2. The van der Waals surface area contributed by atoms with E-state index in [2.05, 4.69) is 43.3 Å². The van der Waals surface area contributed by atoms with E-state index in [9.17, 15) is 0 Å². The lowest BCUT2D eigenvalue weighted by molar-refractivity contribution is 0.441. The molecule has 2 aromatic carbocycles. The van der Waals surface area contributed by atoms with Crippen LogP contribution in [-0.4, -0.2) is 0 Å². The van der Waals surface area contributed by atoms with Gasteiger partial charge in [-0.1, -0.05) is 75.4 Å². The Kier molecular flexibility index (Phi) is 4.95. The normalized spacial score (nSPS) is 16.4. The van der Waals surface area contributed by atoms with Gasteiger partial charge in [-0.15, -0.1) is 0 Å². The standard InChI is InChI=1S/C21H27/c1-2-3-5-14-21-19-13-9-8-12-18(19)15-16-20(21)17-10-6-4-7-11-17/h8-9,12-13,15-17H,1-7,10-11,14H2. The maximum absolute atomic E-state index is 3.99. The highest BCUT2D eigenvalue weighted by Gasteiger charge is 2.19. The monoisotopic (exact) mass is 279 g/mol. The van der Waals surface area contributed by atoms with Gasteiger partial charge in [0.1, 0.15) is 0 Å². The Labute approximate surface area is 129 Å². The molecule has 0 aliphatic heterocycles. The van der Waals surface area contributed by atoms with Crippen molar-refractivity contribution in [2.45, 2.75) is 63.7 Å². The van der Waals surface area contributed by atoms with Crippen molar-refractivity contribution < 1.29 is 0 Å². The van der Waals surface area contributed by atoms with Crippen LogP contribution in [-0.2, 0) is 6.42 Å². The molecule has 0 heteroatoms. The number of rotatable bonds is 5. The second-order valence-electron chi connectivity index (χ2n) is 6.50. The van der Waals surface area contributed by atoms with Gasteiger partial charge in [-0.3, -0.25) is 0 Å². The average Bonchev–Trinajstić information content (AvgIpc) is 2.56. The zero-order valence-corrected chi connectivity index (χ0v) is 13.1. The minimum atomic E-state index is 0.804. The largest absolute Gasteiger partial charge is 0.0616 e. The summed E-state index contributed by atoms with van der Waals surface area (Å²) in [5.74, 6) is 0.804. The van der Waals surface area contributed by atoms with Crippen LogP contribution < -0.4 is 0 Å². The van der Waals surface area contributed by atoms with E-state index >= 15 is 0 Å². The van der Waals surface area contributed by atoms with E-state index in [1.807, 2.05) is 0 Å². The van der Waals surface area contributed by atoms with Crippen LogP contribution in [0.1, 0.15) is 68.4 Å². The van der Waals surface area contributed by atoms with Crippen molar-refractivity contribution in [3.8, 4) is 0 Å². The summed E-state index contributed by atoms with van der Waals surface area (Å²) in [5.41, 5.74) is 3.28. The first-order valence-corrected chi connectivity index (χ1v) is 8.70. The van der Waals surface area contributed by atoms with E-state index in [1.165, 1.54) is 62.1 Å². The van der Waals surface area contributed by atoms with Gasteiger partial charge in [0.15, 0.2) is 0 Å². The molecule has 0 nitrogen and oxygen atoms in total. The fourth-order valence-electron chi connectivity index (χ4n) is 3.91. The third kappa shape index (κ3) is 3.31. The summed E-state index contributed by atoms with van der Waals surface area (Å²) in [6.45, 7) is 3.99. The molecule has 0 aromatic heterocycles. The first kappa shape index (κ1) is 14.6. The molecule has 1 radical (unpaired) electrons. The van der Waals surface area contributed by atoms with Gasteiger partial charge in [-0.25, -0.2) is 0 Å². The zero-order valence-electron chi connectivity index (χ0n) is 13.1. The Morgan fingerprint density at radius 1 is 0.905 bits per heavy atom. The number of hydrogen-bond donors (Lipinski definition) is 0. The molecular formula is C21H27. The van der Waals surface area contributed by atoms with Crippen LogP contribution in [0.3, 0.4) is 0 Å². The molecule has 0 atom stereocenters. The SMILES string of the molecule is [CH2]CCCCc1c(C2CCCCC2)ccc2ccccc12. The third-order valence-corrected chi connectivity index (χ3v) is 5.05. The molecule has 2 aromatic rings. The second-order valence-corrected chi connectivity index (χ2v) is 6.50. The summed E-state index contributed by atoms with van der Waals surface area (Å²) in [7, 11) is 0. The molecule has 1 aliphatic rings. The number of benzene rings is 2. The van der Waals surface area contributed by atoms with Crippen LogP contribution in [0.5, 0.6) is 0 Å². The van der Waals surface area contributed by atoms with Crippen LogP contribution in [0, 0.1) is 6.92 Å². The Bertz CT molecular complexity index is 576. The Morgan fingerprint density at radius 3 is 2.52 bits per heavy atom. The summed E-state index contributed by atoms with van der Waals surface area (Å²) >= 11 is 0. The van der Waals surface area contributed by atoms with Crippen LogP contribution in [0.15, 0.2) is 36.4 Å². The summed E-state index contributed by atoms with van der Waals surface area (Å²) in [5, 5.41) is 2.89. The summed E-state index contributed by atoms with van der Waals surface area (Å²) in [4.78, 5) is 0. The molecule has 1 fully saturated rings. The molecule has 3 rings (SSSR count). The van der Waals surface area contributed by atoms with Crippen molar-refractivity contribution in [1.82, 2.24) is 0 Å². The lowest BCUT2D eigenvalue weighted by Gasteiger charge is -2.25. The van der Waals surface area contributed by atoms with Crippen LogP contribution in [0.4, 0.5) is 0 Å². The van der Waals surface area contributed by atoms with E-state index in [0.29, 0.717) is 0 Å². The molecule has 0 spiro atoms. The maximum atomic E-state index is 3.99. The van der Waals surface area contributed by atoms with Gasteiger partial charge in [0.2, 0.25) is 0 Å². The lowest BCUT2D eigenvalue weighted by atomic mass is 9.80. The summed E-state index contributed by atoms with van der Waals surface area (Å²) in [6, 6.07) is 13.7. The Morgan fingerprint density at radius 2 is 1.71 bits per heavy atom. The fraction of sp³-hybridized carbons (Fsp3) is 0.476. The molecule has 0 bridgehead atoms. The predicted molar refractivity (Wildman–Crippen MR) is 92.7 cm³/mol. The van der Waals surface area contributed by atoms with E-state index in [-0.39, 0.29) is 0 Å². The molecule has 0 amide bonds. The van der Waals surface area contributed by atoms with Crippen molar-refractivity contribution in [3.05, 3.63) is 54.4 Å². The third-order valence-electron chi connectivity index (χ3n) is 5.05. The van der Waals surface area contributed by atoms with Gasteiger partial charge in [0.25, 0.3) is 0 Å². The van der Waals surface area contributed by atoms with Gasteiger partial charge >= 0.3 is 0 Å². The number of aryl methyl sites for hydroxylation is 1. The van der Waals surface area contributed by atoms with Gasteiger partial charge in [-0.05, 0) is 53.5 Å². The highest BCUT2D eigenvalue weighted by Crippen LogP contribution is 2.37. The van der Waals surface area contributed by atoms with Gasteiger partial charge < -0.3 is 0 Å². The van der Waals surface area contributed by atoms with Gasteiger partial charge in [-0.2, -0.15) is 0 Å². The second kappa shape index (κ2) is 7.11. The van der Waals surface area contributed by atoms with Crippen LogP contribution in [0.25, 0.3) is 10.8 Å². The Hall–Kier alpha value is -1.30. The first-order chi connectivity index (χ1) is 10.4. The van der Waals surface area contributed by atoms with E-state index < -0.39 is 0 Å². The minimum absolute atomic E-state index is 0.804. The van der Waals surface area contributed by atoms with Crippen molar-refractivity contribution in [3.63, 3.8) is 0 Å². The van der Waals surface area contributed by atoms with E-state index in [0.717, 1.165) is 12.3 Å². The van der Waals surface area contributed by atoms with E-state index in [4.69, 9.17) is 0 Å². The predicted octanol–water partition coefficient (Wildman–Crippen LogP) is 6.43. The van der Waals surface area contributed by atoms with Crippen molar-refractivity contribution >= 4 is 10.8 Å². The highest BCUT2D eigenvalue weighted by molar-refractivity contribution is 5.87. The van der Waals surface area contributed by atoms with E-state index in [1.54, 1.807) is 11.1 Å². The first-order valence-electron chi connectivity index (χ1n) is 8.70. The molecule has 21 heavy (non-hydrogen) atoms. The van der Waals surface area contributed by atoms with Crippen LogP contribution >= 0.6 is 0 Å². The topological polar surface area (TPSA) is 0 Å². The number of fused-ring (bicyclic) bond motifs is 1. The van der Waals surface area contributed by atoms with Crippen molar-refractivity contribution in [2.24, 2.45) is 0 Å². The molecule has 1 aliphatic carbocycles. The molecule has 1 saturated carbocycles. The molecule has 0 unspecified atom stereocenters. The number of unbranched alkanes of at least 4 members (excludes halogenated alkanes) is 2. The molecule has 0 saturated heterocycles. The van der Waals surface area contributed by atoms with Crippen molar-refractivity contribution in [1.29, 1.82) is 0 Å². The molecular weight excluding hydrogens is 252 g/mol. The molecule has 0 N–H and O–H groups in total. The Balaban J connectivity index is 1.98. The maximum Gasteiger partial charge on any atom is -0.0149 e. The molecule has 111 valence electrons. The smallest absolute Gasteiger partial charge is 0.0149 e. The quantitative estimate of drug-likeness (QED) is 0.553. The average molecular weight is 279 g/mol. The summed E-state index contributed by atoms with van der Waals surface area (Å²) < 4.78 is 0.